The molecular formula is C15H12F2N6. The normalized spacial score (nSPS) is 10.3. The predicted octanol–water partition coefficient (Wildman–Crippen LogP) is 3.22. The predicted molar refractivity (Wildman–Crippen MR) is 83.6 cm³/mol. The molecule has 0 radical (unpaired) electrons. The standard InChI is InChI=1S/C15H12F2N6/c16-9-4-5-11(10(17)7-9)22-14-13(18)15(21-8-20-14)23-12-3-1-2-6-19-12/h1-8H,18H2,(H2,19,20,21,22,23). The minimum Gasteiger partial charge on any atom is -0.393 e. The maximum atomic E-state index is 13.7. The first kappa shape index (κ1) is 14.6. The van der Waals surface area contributed by atoms with Gasteiger partial charge in [-0.3, -0.25) is 0 Å². The van der Waals surface area contributed by atoms with E-state index in [0.29, 0.717) is 11.6 Å². The van der Waals surface area contributed by atoms with Crippen molar-refractivity contribution in [2.24, 2.45) is 0 Å². The third-order valence-corrected chi connectivity index (χ3v) is 2.98. The smallest absolute Gasteiger partial charge is 0.160 e. The highest BCUT2D eigenvalue weighted by molar-refractivity contribution is 5.79. The molecule has 0 aliphatic carbocycles. The highest BCUT2D eigenvalue weighted by atomic mass is 19.1. The lowest BCUT2D eigenvalue weighted by atomic mass is 10.3. The molecule has 3 rings (SSSR count). The first-order valence-electron chi connectivity index (χ1n) is 6.64. The van der Waals surface area contributed by atoms with E-state index in [2.05, 4.69) is 25.6 Å². The van der Waals surface area contributed by atoms with Crippen LogP contribution in [0.5, 0.6) is 0 Å². The largest absolute Gasteiger partial charge is 0.393 e. The van der Waals surface area contributed by atoms with Gasteiger partial charge in [0, 0.05) is 12.3 Å². The van der Waals surface area contributed by atoms with E-state index in [9.17, 15) is 8.78 Å². The molecule has 0 atom stereocenters. The fourth-order valence-corrected chi connectivity index (χ4v) is 1.87. The zero-order valence-corrected chi connectivity index (χ0v) is 11.8. The number of anilines is 5. The Bertz CT molecular complexity index is 825. The summed E-state index contributed by atoms with van der Waals surface area (Å²) in [7, 11) is 0. The topological polar surface area (TPSA) is 88.8 Å². The number of benzene rings is 1. The van der Waals surface area contributed by atoms with Crippen molar-refractivity contribution in [3.8, 4) is 0 Å². The van der Waals surface area contributed by atoms with Gasteiger partial charge in [0.05, 0.1) is 5.69 Å². The summed E-state index contributed by atoms with van der Waals surface area (Å²) in [5.74, 6) is -0.340. The van der Waals surface area contributed by atoms with Crippen LogP contribution in [0.25, 0.3) is 0 Å². The van der Waals surface area contributed by atoms with E-state index in [4.69, 9.17) is 5.73 Å². The number of nitrogens with zero attached hydrogens (tertiary/aromatic N) is 3. The minimum absolute atomic E-state index is 0.0561. The van der Waals surface area contributed by atoms with Crippen molar-refractivity contribution in [2.45, 2.75) is 0 Å². The molecule has 8 heteroatoms. The van der Waals surface area contributed by atoms with Crippen LogP contribution < -0.4 is 16.4 Å². The number of rotatable bonds is 4. The third kappa shape index (κ3) is 3.31. The molecule has 0 aliphatic rings. The van der Waals surface area contributed by atoms with Crippen LogP contribution in [0.2, 0.25) is 0 Å². The summed E-state index contributed by atoms with van der Waals surface area (Å²) in [5, 5.41) is 5.66. The monoisotopic (exact) mass is 314 g/mol. The van der Waals surface area contributed by atoms with Crippen LogP contribution in [0.4, 0.5) is 37.6 Å². The molecule has 0 amide bonds. The Morgan fingerprint density at radius 1 is 0.913 bits per heavy atom. The van der Waals surface area contributed by atoms with E-state index in [1.807, 2.05) is 0 Å². The molecule has 0 bridgehead atoms. The molecule has 0 saturated heterocycles. The molecule has 0 saturated carbocycles. The van der Waals surface area contributed by atoms with Gasteiger partial charge in [0.15, 0.2) is 11.6 Å². The van der Waals surface area contributed by atoms with E-state index in [1.54, 1.807) is 24.4 Å². The van der Waals surface area contributed by atoms with Crippen LogP contribution >= 0.6 is 0 Å². The lowest BCUT2D eigenvalue weighted by Crippen LogP contribution is -2.06. The summed E-state index contributed by atoms with van der Waals surface area (Å²) < 4.78 is 26.6. The van der Waals surface area contributed by atoms with E-state index in [1.165, 1.54) is 12.4 Å². The summed E-state index contributed by atoms with van der Waals surface area (Å²) in [6.07, 6.45) is 2.89. The second kappa shape index (κ2) is 6.22. The maximum absolute atomic E-state index is 13.7. The van der Waals surface area contributed by atoms with Crippen molar-refractivity contribution in [1.82, 2.24) is 15.0 Å². The Hall–Kier alpha value is -3.29. The van der Waals surface area contributed by atoms with Crippen molar-refractivity contribution in [3.63, 3.8) is 0 Å². The van der Waals surface area contributed by atoms with Gasteiger partial charge in [-0.15, -0.1) is 0 Å². The number of aromatic nitrogens is 3. The van der Waals surface area contributed by atoms with E-state index < -0.39 is 11.6 Å². The van der Waals surface area contributed by atoms with Gasteiger partial charge in [-0.25, -0.2) is 23.7 Å². The summed E-state index contributed by atoms with van der Waals surface area (Å²) >= 11 is 0. The lowest BCUT2D eigenvalue weighted by Gasteiger charge is -2.12. The average Bonchev–Trinajstić information content (AvgIpc) is 2.54. The van der Waals surface area contributed by atoms with Crippen LogP contribution in [-0.2, 0) is 0 Å². The second-order valence-corrected chi connectivity index (χ2v) is 4.57. The van der Waals surface area contributed by atoms with Crippen molar-refractivity contribution in [3.05, 3.63) is 60.6 Å². The van der Waals surface area contributed by atoms with Crippen LogP contribution in [-0.4, -0.2) is 15.0 Å². The van der Waals surface area contributed by atoms with Gasteiger partial charge < -0.3 is 16.4 Å². The van der Waals surface area contributed by atoms with Gasteiger partial charge in [-0.05, 0) is 24.3 Å². The average molecular weight is 314 g/mol. The Morgan fingerprint density at radius 2 is 1.70 bits per heavy atom. The second-order valence-electron chi connectivity index (χ2n) is 4.57. The molecule has 0 unspecified atom stereocenters. The number of halogens is 2. The van der Waals surface area contributed by atoms with Crippen LogP contribution in [0, 0.1) is 11.6 Å². The van der Waals surface area contributed by atoms with E-state index in [-0.39, 0.29) is 17.2 Å². The Balaban J connectivity index is 1.87. The zero-order valence-electron chi connectivity index (χ0n) is 11.8. The van der Waals surface area contributed by atoms with Crippen LogP contribution in [0.1, 0.15) is 0 Å². The molecule has 23 heavy (non-hydrogen) atoms. The molecule has 0 fully saturated rings. The Morgan fingerprint density at radius 3 is 2.39 bits per heavy atom. The Kier molecular flexibility index (Phi) is 3.96. The molecule has 4 N–H and O–H groups in total. The lowest BCUT2D eigenvalue weighted by molar-refractivity contribution is 0.586. The molecule has 0 spiro atoms. The van der Waals surface area contributed by atoms with Crippen molar-refractivity contribution < 1.29 is 8.78 Å². The molecule has 1 aromatic carbocycles. The SMILES string of the molecule is Nc1c(Nc2ccccn2)ncnc1Nc1ccc(F)cc1F. The Labute approximate surface area is 130 Å². The highest BCUT2D eigenvalue weighted by Gasteiger charge is 2.11. The molecule has 3 aromatic rings. The summed E-state index contributed by atoms with van der Waals surface area (Å²) in [4.78, 5) is 12.1. The molecule has 0 aliphatic heterocycles. The van der Waals surface area contributed by atoms with Gasteiger partial charge in [-0.2, -0.15) is 0 Å². The van der Waals surface area contributed by atoms with Gasteiger partial charge >= 0.3 is 0 Å². The van der Waals surface area contributed by atoms with Gasteiger partial charge in [0.25, 0.3) is 0 Å². The molecule has 2 heterocycles. The number of hydrogen-bond acceptors (Lipinski definition) is 6. The fourth-order valence-electron chi connectivity index (χ4n) is 1.87. The van der Waals surface area contributed by atoms with E-state index >= 15 is 0 Å². The number of nitrogens with two attached hydrogens (primary N) is 1. The highest BCUT2D eigenvalue weighted by Crippen LogP contribution is 2.28. The molecule has 116 valence electrons. The van der Waals surface area contributed by atoms with Crippen molar-refractivity contribution in [2.75, 3.05) is 16.4 Å². The summed E-state index contributed by atoms with van der Waals surface area (Å²) in [6, 6.07) is 8.49. The zero-order chi connectivity index (χ0) is 16.2. The fraction of sp³-hybridized carbons (Fsp3) is 0. The summed E-state index contributed by atoms with van der Waals surface area (Å²) in [6.45, 7) is 0. The molecular weight excluding hydrogens is 302 g/mol. The van der Waals surface area contributed by atoms with Gasteiger partial charge in [-0.1, -0.05) is 6.07 Å². The number of nitrogens with one attached hydrogen (secondary N) is 2. The van der Waals surface area contributed by atoms with Gasteiger partial charge in [0.2, 0.25) is 0 Å². The number of pyridine rings is 1. The number of hydrogen-bond donors (Lipinski definition) is 3. The first-order chi connectivity index (χ1) is 11.1. The van der Waals surface area contributed by atoms with Crippen molar-refractivity contribution in [1.29, 1.82) is 0 Å². The van der Waals surface area contributed by atoms with Gasteiger partial charge in [0.1, 0.15) is 29.5 Å². The molecule has 6 nitrogen and oxygen atoms in total. The van der Waals surface area contributed by atoms with Crippen LogP contribution in [0.3, 0.4) is 0 Å². The first-order valence-corrected chi connectivity index (χ1v) is 6.64. The summed E-state index contributed by atoms with van der Waals surface area (Å²) in [5.41, 5.74) is 6.22. The van der Waals surface area contributed by atoms with Crippen molar-refractivity contribution >= 4 is 28.8 Å². The minimum atomic E-state index is -0.748. The quantitative estimate of drug-likeness (QED) is 0.685. The number of nitrogen functional groups attached to an aromatic ring is 1. The molecule has 2 aromatic heterocycles. The van der Waals surface area contributed by atoms with Crippen LogP contribution in [0.15, 0.2) is 48.9 Å². The third-order valence-electron chi connectivity index (χ3n) is 2.98. The van der Waals surface area contributed by atoms with E-state index in [0.717, 1.165) is 12.1 Å². The maximum Gasteiger partial charge on any atom is 0.160 e.